The van der Waals surface area contributed by atoms with E-state index in [0.717, 1.165) is 69.6 Å². The second-order valence-electron chi connectivity index (χ2n) is 19.9. The van der Waals surface area contributed by atoms with Crippen LogP contribution in [-0.4, -0.2) is 37.2 Å². The number of ether oxygens (including phenoxy) is 3. The van der Waals surface area contributed by atoms with Crippen molar-refractivity contribution < 1.29 is 28.6 Å². The Bertz CT molecular complexity index is 949. The van der Waals surface area contributed by atoms with E-state index >= 15 is 0 Å². The van der Waals surface area contributed by atoms with Crippen molar-refractivity contribution in [1.82, 2.24) is 0 Å². The minimum Gasteiger partial charge on any atom is -0.462 e. The van der Waals surface area contributed by atoms with Crippen molar-refractivity contribution in [3.63, 3.8) is 0 Å². The molecule has 0 radical (unpaired) electrons. The van der Waals surface area contributed by atoms with E-state index in [2.05, 4.69) is 34.6 Å². The van der Waals surface area contributed by atoms with Crippen LogP contribution in [-0.2, 0) is 28.6 Å². The van der Waals surface area contributed by atoms with Crippen LogP contribution in [0.4, 0.5) is 0 Å². The lowest BCUT2D eigenvalue weighted by molar-refractivity contribution is -0.167. The fourth-order valence-corrected chi connectivity index (χ4v) is 8.49. The number of carbonyl (C=O) groups is 3. The molecule has 0 aromatic heterocycles. The Kier molecular flexibility index (Phi) is 47.6. The molecule has 0 aliphatic rings. The molecule has 6 heteroatoms. The Balaban J connectivity index is 4.30. The number of unbranched alkanes of at least 4 members (excludes halogenated alkanes) is 34. The molecule has 0 N–H and O–H groups in total. The molecule has 0 aliphatic carbocycles. The summed E-state index contributed by atoms with van der Waals surface area (Å²) >= 11 is 0. The number of esters is 3. The maximum atomic E-state index is 12.8. The molecule has 0 saturated carbocycles. The van der Waals surface area contributed by atoms with Gasteiger partial charge in [0.05, 0.1) is 0 Å². The summed E-state index contributed by atoms with van der Waals surface area (Å²) in [7, 11) is 0. The average molecular weight is 877 g/mol. The Hall–Kier alpha value is -1.59. The highest BCUT2D eigenvalue weighted by Crippen LogP contribution is 2.18. The number of rotatable bonds is 50. The van der Waals surface area contributed by atoms with Crippen LogP contribution in [0.1, 0.15) is 311 Å². The first kappa shape index (κ1) is 60.4. The maximum Gasteiger partial charge on any atom is 0.306 e. The average Bonchev–Trinajstić information content (AvgIpc) is 3.26. The van der Waals surface area contributed by atoms with Crippen LogP contribution in [0.3, 0.4) is 0 Å². The van der Waals surface area contributed by atoms with Crippen LogP contribution in [0.15, 0.2) is 0 Å². The summed E-state index contributed by atoms with van der Waals surface area (Å²) in [6, 6.07) is 0. The molecule has 0 rings (SSSR count). The van der Waals surface area contributed by atoms with Crippen molar-refractivity contribution in [2.45, 2.75) is 317 Å². The fourth-order valence-electron chi connectivity index (χ4n) is 8.49. The zero-order valence-corrected chi connectivity index (χ0v) is 42.5. The number of carbonyl (C=O) groups excluding carboxylic acids is 3. The van der Waals surface area contributed by atoms with E-state index in [1.165, 1.54) is 199 Å². The summed E-state index contributed by atoms with van der Waals surface area (Å²) in [5.74, 6) is 0.835. The van der Waals surface area contributed by atoms with E-state index in [0.29, 0.717) is 19.3 Å². The highest BCUT2D eigenvalue weighted by atomic mass is 16.6. The summed E-state index contributed by atoms with van der Waals surface area (Å²) in [5, 5.41) is 0. The van der Waals surface area contributed by atoms with Crippen LogP contribution >= 0.6 is 0 Å². The third-order valence-corrected chi connectivity index (χ3v) is 13.1. The number of hydrogen-bond acceptors (Lipinski definition) is 6. The molecular formula is C56H108O6. The smallest absolute Gasteiger partial charge is 0.306 e. The van der Waals surface area contributed by atoms with Gasteiger partial charge in [-0.1, -0.05) is 272 Å². The molecule has 6 nitrogen and oxygen atoms in total. The van der Waals surface area contributed by atoms with Gasteiger partial charge < -0.3 is 14.2 Å². The fraction of sp³-hybridized carbons (Fsp3) is 0.946. The highest BCUT2D eigenvalue weighted by Gasteiger charge is 2.19. The molecule has 0 amide bonds. The second kappa shape index (κ2) is 48.9. The zero-order chi connectivity index (χ0) is 45.4. The van der Waals surface area contributed by atoms with E-state index < -0.39 is 6.10 Å². The van der Waals surface area contributed by atoms with Crippen LogP contribution < -0.4 is 0 Å². The van der Waals surface area contributed by atoms with Crippen molar-refractivity contribution >= 4 is 17.9 Å². The molecule has 0 fully saturated rings. The summed E-state index contributed by atoms with van der Waals surface area (Å²) in [6.45, 7) is 11.4. The van der Waals surface area contributed by atoms with Crippen molar-refractivity contribution in [3.05, 3.63) is 0 Å². The molecule has 0 saturated heterocycles. The maximum absolute atomic E-state index is 12.8. The van der Waals surface area contributed by atoms with E-state index in [1.807, 2.05) is 0 Å². The van der Waals surface area contributed by atoms with E-state index in [4.69, 9.17) is 14.2 Å². The monoisotopic (exact) mass is 877 g/mol. The van der Waals surface area contributed by atoms with Gasteiger partial charge in [-0.3, -0.25) is 14.4 Å². The molecule has 2 atom stereocenters. The summed E-state index contributed by atoms with van der Waals surface area (Å²) in [4.78, 5) is 38.1. The topological polar surface area (TPSA) is 78.9 Å². The van der Waals surface area contributed by atoms with Gasteiger partial charge in [-0.25, -0.2) is 0 Å². The van der Waals surface area contributed by atoms with Crippen molar-refractivity contribution in [2.75, 3.05) is 13.2 Å². The predicted molar refractivity (Wildman–Crippen MR) is 266 cm³/mol. The largest absolute Gasteiger partial charge is 0.462 e. The Morgan fingerprint density at radius 2 is 0.613 bits per heavy atom. The van der Waals surface area contributed by atoms with Gasteiger partial charge in [0.25, 0.3) is 0 Å². The van der Waals surface area contributed by atoms with Gasteiger partial charge in [-0.2, -0.15) is 0 Å². The Morgan fingerprint density at radius 1 is 0.339 bits per heavy atom. The van der Waals surface area contributed by atoms with Gasteiger partial charge in [0.2, 0.25) is 0 Å². The Labute approximate surface area is 387 Å². The molecule has 0 spiro atoms. The van der Waals surface area contributed by atoms with Crippen LogP contribution in [0.5, 0.6) is 0 Å². The summed E-state index contributed by atoms with van der Waals surface area (Å²) < 4.78 is 16.9. The molecule has 0 aliphatic heterocycles. The first-order valence-corrected chi connectivity index (χ1v) is 27.8. The quantitative estimate of drug-likeness (QED) is 0.0344. The molecule has 0 heterocycles. The zero-order valence-electron chi connectivity index (χ0n) is 42.5. The molecular weight excluding hydrogens is 769 g/mol. The molecule has 0 bridgehead atoms. The molecule has 368 valence electrons. The second-order valence-corrected chi connectivity index (χ2v) is 19.9. The number of hydrogen-bond donors (Lipinski definition) is 0. The first-order valence-electron chi connectivity index (χ1n) is 27.8. The van der Waals surface area contributed by atoms with Gasteiger partial charge in [0, 0.05) is 19.3 Å². The molecule has 0 aromatic carbocycles. The van der Waals surface area contributed by atoms with Crippen LogP contribution in [0.2, 0.25) is 0 Å². The van der Waals surface area contributed by atoms with Crippen LogP contribution in [0, 0.1) is 11.8 Å². The third kappa shape index (κ3) is 47.9. The normalized spacial score (nSPS) is 12.5. The predicted octanol–water partition coefficient (Wildman–Crippen LogP) is 18.1. The van der Waals surface area contributed by atoms with Gasteiger partial charge >= 0.3 is 17.9 Å². The van der Waals surface area contributed by atoms with Gasteiger partial charge in [0.15, 0.2) is 6.10 Å². The van der Waals surface area contributed by atoms with Crippen molar-refractivity contribution in [1.29, 1.82) is 0 Å². The summed E-state index contributed by atoms with van der Waals surface area (Å²) in [5.41, 5.74) is 0. The van der Waals surface area contributed by atoms with Crippen molar-refractivity contribution in [2.24, 2.45) is 11.8 Å². The van der Waals surface area contributed by atoms with Crippen LogP contribution in [0.25, 0.3) is 0 Å². The van der Waals surface area contributed by atoms with Crippen molar-refractivity contribution in [3.8, 4) is 0 Å². The van der Waals surface area contributed by atoms with E-state index in [9.17, 15) is 14.4 Å². The lowest BCUT2D eigenvalue weighted by atomic mass is 9.99. The summed E-state index contributed by atoms with van der Waals surface area (Å²) in [6.07, 6.45) is 50.9. The SMILES string of the molecule is CCCCCCCCCCCCCCCCCCCC(=O)OC[C@@H](COC(=O)CCCCCCCCCCC(C)CC)OC(=O)CCCCCCCCCCCCCCC(C)C. The van der Waals surface area contributed by atoms with E-state index in [1.54, 1.807) is 0 Å². The Morgan fingerprint density at radius 3 is 0.919 bits per heavy atom. The van der Waals surface area contributed by atoms with Gasteiger partial charge in [0.1, 0.15) is 13.2 Å². The van der Waals surface area contributed by atoms with Gasteiger partial charge in [-0.15, -0.1) is 0 Å². The highest BCUT2D eigenvalue weighted by molar-refractivity contribution is 5.71. The minimum atomic E-state index is -0.763. The van der Waals surface area contributed by atoms with E-state index in [-0.39, 0.29) is 31.1 Å². The lowest BCUT2D eigenvalue weighted by Gasteiger charge is -2.18. The van der Waals surface area contributed by atoms with Gasteiger partial charge in [-0.05, 0) is 31.1 Å². The third-order valence-electron chi connectivity index (χ3n) is 13.1. The standard InChI is InChI=1S/C56H108O6/c1-6-8-9-10-11-12-13-14-15-16-17-18-22-25-31-36-41-46-54(57)60-49-53(50-61-55(58)47-42-37-32-28-27-30-35-40-45-52(5)7-2)62-56(59)48-43-38-33-26-23-20-19-21-24-29-34-39-44-51(3)4/h51-53H,6-50H2,1-5H3/t52?,53-/m0/s1. The molecule has 0 aromatic rings. The molecule has 62 heavy (non-hydrogen) atoms. The minimum absolute atomic E-state index is 0.0634. The first-order chi connectivity index (χ1) is 30.3. The lowest BCUT2D eigenvalue weighted by Crippen LogP contribution is -2.30. The molecule has 1 unspecified atom stereocenters.